The summed E-state index contributed by atoms with van der Waals surface area (Å²) in [5.74, 6) is 1.08. The smallest absolute Gasteiger partial charge is 0.128 e. The first kappa shape index (κ1) is 14.3. The van der Waals surface area contributed by atoms with Crippen molar-refractivity contribution < 1.29 is 5.11 Å². The first-order chi connectivity index (χ1) is 9.11. The topological polar surface area (TPSA) is 48.4 Å². The van der Waals surface area contributed by atoms with E-state index in [1.807, 2.05) is 18.3 Å². The molecule has 0 atom stereocenters. The summed E-state index contributed by atoms with van der Waals surface area (Å²) in [6, 6.07) is 6.62. The van der Waals surface area contributed by atoms with Crippen molar-refractivity contribution in [2.24, 2.45) is 5.41 Å². The second-order valence-corrected chi connectivity index (χ2v) is 6.15. The van der Waals surface area contributed by atoms with Gasteiger partial charge in [0.15, 0.2) is 0 Å². The van der Waals surface area contributed by atoms with Gasteiger partial charge in [0.2, 0.25) is 0 Å². The molecule has 1 aliphatic rings. The highest BCUT2D eigenvalue weighted by molar-refractivity contribution is 5.38. The van der Waals surface area contributed by atoms with Gasteiger partial charge in [-0.15, -0.1) is 0 Å². The molecular formula is C15H25N3O. The first-order valence-electron chi connectivity index (χ1n) is 7.11. The molecule has 2 rings (SSSR count). The standard InChI is InChI=1S/C15H25N3O/c1-15(2,12-19)11-17-13-6-9-18(10-7-13)14-5-3-4-8-16-14/h3-5,8,13,17,19H,6-7,9-12H2,1-2H3. The summed E-state index contributed by atoms with van der Waals surface area (Å²) in [7, 11) is 0. The maximum atomic E-state index is 9.26. The number of hydrogen-bond donors (Lipinski definition) is 2. The third kappa shape index (κ3) is 4.18. The van der Waals surface area contributed by atoms with Gasteiger partial charge < -0.3 is 15.3 Å². The van der Waals surface area contributed by atoms with Gasteiger partial charge in [-0.3, -0.25) is 0 Å². The zero-order valence-corrected chi connectivity index (χ0v) is 12.0. The number of aromatic nitrogens is 1. The summed E-state index contributed by atoms with van der Waals surface area (Å²) in [5.41, 5.74) is -0.0296. The van der Waals surface area contributed by atoms with Gasteiger partial charge in [-0.2, -0.15) is 0 Å². The minimum Gasteiger partial charge on any atom is -0.396 e. The zero-order valence-electron chi connectivity index (χ0n) is 12.0. The maximum Gasteiger partial charge on any atom is 0.128 e. The van der Waals surface area contributed by atoms with E-state index in [1.165, 1.54) is 0 Å². The third-order valence-corrected chi connectivity index (χ3v) is 3.77. The van der Waals surface area contributed by atoms with Crippen LogP contribution in [0.5, 0.6) is 0 Å². The van der Waals surface area contributed by atoms with E-state index in [-0.39, 0.29) is 12.0 Å². The molecular weight excluding hydrogens is 238 g/mol. The molecule has 0 saturated carbocycles. The molecule has 0 spiro atoms. The number of pyridine rings is 1. The molecule has 19 heavy (non-hydrogen) atoms. The van der Waals surface area contributed by atoms with Crippen LogP contribution >= 0.6 is 0 Å². The molecule has 4 nitrogen and oxygen atoms in total. The van der Waals surface area contributed by atoms with Gasteiger partial charge in [0.1, 0.15) is 5.82 Å². The largest absolute Gasteiger partial charge is 0.396 e. The molecule has 1 aromatic rings. The lowest BCUT2D eigenvalue weighted by Crippen LogP contribution is -2.46. The number of nitrogens with zero attached hydrogens (tertiary/aromatic N) is 2. The monoisotopic (exact) mass is 263 g/mol. The molecule has 1 fully saturated rings. The van der Waals surface area contributed by atoms with E-state index in [4.69, 9.17) is 0 Å². The molecule has 0 aromatic carbocycles. The lowest BCUT2D eigenvalue weighted by molar-refractivity contribution is 0.151. The second-order valence-electron chi connectivity index (χ2n) is 6.15. The van der Waals surface area contributed by atoms with E-state index in [9.17, 15) is 5.11 Å². The van der Waals surface area contributed by atoms with Crippen LogP contribution in [0.3, 0.4) is 0 Å². The Morgan fingerprint density at radius 3 is 2.68 bits per heavy atom. The van der Waals surface area contributed by atoms with Crippen molar-refractivity contribution in [3.63, 3.8) is 0 Å². The molecule has 4 heteroatoms. The SMILES string of the molecule is CC(C)(CO)CNC1CCN(c2ccccn2)CC1. The summed E-state index contributed by atoms with van der Waals surface area (Å²) in [6.07, 6.45) is 4.12. The minimum atomic E-state index is -0.0296. The van der Waals surface area contributed by atoms with Crippen LogP contribution < -0.4 is 10.2 Å². The van der Waals surface area contributed by atoms with Gasteiger partial charge >= 0.3 is 0 Å². The Hall–Kier alpha value is -1.13. The molecule has 1 aliphatic heterocycles. The fourth-order valence-electron chi connectivity index (χ4n) is 2.33. The summed E-state index contributed by atoms with van der Waals surface area (Å²) >= 11 is 0. The minimum absolute atomic E-state index is 0.0296. The van der Waals surface area contributed by atoms with Gasteiger partial charge in [0.25, 0.3) is 0 Å². The average molecular weight is 263 g/mol. The number of aliphatic hydroxyl groups excluding tert-OH is 1. The molecule has 0 amide bonds. The zero-order chi connectivity index (χ0) is 13.7. The Morgan fingerprint density at radius 2 is 2.11 bits per heavy atom. The van der Waals surface area contributed by atoms with Gasteiger partial charge in [0.05, 0.1) is 0 Å². The van der Waals surface area contributed by atoms with Crippen LogP contribution in [0.1, 0.15) is 26.7 Å². The van der Waals surface area contributed by atoms with E-state index in [0.717, 1.165) is 38.3 Å². The van der Waals surface area contributed by atoms with Crippen LogP contribution in [0.25, 0.3) is 0 Å². The first-order valence-corrected chi connectivity index (χ1v) is 7.11. The van der Waals surface area contributed by atoms with E-state index in [0.29, 0.717) is 6.04 Å². The van der Waals surface area contributed by atoms with Crippen molar-refractivity contribution in [1.82, 2.24) is 10.3 Å². The number of nitrogens with one attached hydrogen (secondary N) is 1. The van der Waals surface area contributed by atoms with Crippen molar-refractivity contribution in [1.29, 1.82) is 0 Å². The van der Waals surface area contributed by atoms with Gasteiger partial charge in [-0.05, 0) is 25.0 Å². The van der Waals surface area contributed by atoms with E-state index in [1.54, 1.807) is 0 Å². The summed E-state index contributed by atoms with van der Waals surface area (Å²) in [4.78, 5) is 6.74. The highest BCUT2D eigenvalue weighted by Gasteiger charge is 2.22. The molecule has 1 aromatic heterocycles. The van der Waals surface area contributed by atoms with Crippen LogP contribution in [0, 0.1) is 5.41 Å². The normalized spacial score (nSPS) is 17.7. The summed E-state index contributed by atoms with van der Waals surface area (Å²) in [5, 5.41) is 12.8. The number of piperidine rings is 1. The third-order valence-electron chi connectivity index (χ3n) is 3.77. The fraction of sp³-hybridized carbons (Fsp3) is 0.667. The molecule has 0 radical (unpaired) electrons. The second kappa shape index (κ2) is 6.35. The highest BCUT2D eigenvalue weighted by atomic mass is 16.3. The van der Waals surface area contributed by atoms with Crippen molar-refractivity contribution in [3.8, 4) is 0 Å². The van der Waals surface area contributed by atoms with Crippen LogP contribution in [0.15, 0.2) is 24.4 Å². The van der Waals surface area contributed by atoms with Gasteiger partial charge in [0, 0.05) is 43.9 Å². The summed E-state index contributed by atoms with van der Waals surface area (Å²) < 4.78 is 0. The molecule has 2 heterocycles. The fourth-order valence-corrected chi connectivity index (χ4v) is 2.33. The molecule has 0 aliphatic carbocycles. The Kier molecular flexibility index (Phi) is 4.77. The summed E-state index contributed by atoms with van der Waals surface area (Å²) in [6.45, 7) is 7.37. The molecule has 0 bridgehead atoms. The van der Waals surface area contributed by atoms with Crippen molar-refractivity contribution in [2.45, 2.75) is 32.7 Å². The average Bonchev–Trinajstić information content (AvgIpc) is 2.47. The van der Waals surface area contributed by atoms with Crippen molar-refractivity contribution in [3.05, 3.63) is 24.4 Å². The predicted octanol–water partition coefficient (Wildman–Crippen LogP) is 1.66. The molecule has 2 N–H and O–H groups in total. The Balaban J connectivity index is 1.77. The number of aliphatic hydroxyl groups is 1. The van der Waals surface area contributed by atoms with Crippen LogP contribution in [0.4, 0.5) is 5.82 Å². The molecule has 0 unspecified atom stereocenters. The molecule has 1 saturated heterocycles. The van der Waals surface area contributed by atoms with Crippen LogP contribution in [-0.4, -0.2) is 42.4 Å². The highest BCUT2D eigenvalue weighted by Crippen LogP contribution is 2.18. The van der Waals surface area contributed by atoms with Gasteiger partial charge in [-0.1, -0.05) is 19.9 Å². The predicted molar refractivity (Wildman–Crippen MR) is 78.3 cm³/mol. The van der Waals surface area contributed by atoms with Crippen LogP contribution in [0.2, 0.25) is 0 Å². The molecule has 106 valence electrons. The van der Waals surface area contributed by atoms with E-state index < -0.39 is 0 Å². The quantitative estimate of drug-likeness (QED) is 0.848. The Labute approximate surface area is 115 Å². The van der Waals surface area contributed by atoms with E-state index in [2.05, 4.69) is 35.1 Å². The number of anilines is 1. The van der Waals surface area contributed by atoms with Crippen molar-refractivity contribution >= 4 is 5.82 Å². The number of rotatable bonds is 5. The Bertz CT molecular complexity index is 372. The van der Waals surface area contributed by atoms with Gasteiger partial charge in [-0.25, -0.2) is 4.98 Å². The van der Waals surface area contributed by atoms with E-state index >= 15 is 0 Å². The van der Waals surface area contributed by atoms with Crippen molar-refractivity contribution in [2.75, 3.05) is 31.1 Å². The Morgan fingerprint density at radius 1 is 1.37 bits per heavy atom. The lowest BCUT2D eigenvalue weighted by Gasteiger charge is -2.35. The lowest BCUT2D eigenvalue weighted by atomic mass is 9.93. The maximum absolute atomic E-state index is 9.26. The number of hydrogen-bond acceptors (Lipinski definition) is 4. The van der Waals surface area contributed by atoms with Crippen LogP contribution in [-0.2, 0) is 0 Å².